The van der Waals surface area contributed by atoms with Gasteiger partial charge in [0.1, 0.15) is 0 Å². The number of amides is 1. The van der Waals surface area contributed by atoms with Crippen molar-refractivity contribution in [3.63, 3.8) is 0 Å². The minimum atomic E-state index is -3.44. The average molecular weight is 403 g/mol. The zero-order valence-electron chi connectivity index (χ0n) is 15.2. The molecule has 0 saturated carbocycles. The summed E-state index contributed by atoms with van der Waals surface area (Å²) >= 11 is 0. The fourth-order valence-corrected chi connectivity index (χ4v) is 4.56. The SMILES string of the molecule is O=C(Cc1ccc([N+](=O)[O-])cc1)NCc1ccc(S(=O)(=O)N2CCCC2)cc1. The van der Waals surface area contributed by atoms with Crippen molar-refractivity contribution < 1.29 is 18.1 Å². The van der Waals surface area contributed by atoms with Gasteiger partial charge in [0.15, 0.2) is 0 Å². The standard InChI is InChI=1S/C19H21N3O5S/c23-19(13-15-3-7-17(8-4-15)22(24)25)20-14-16-5-9-18(10-6-16)28(26,27)21-11-1-2-12-21/h3-10H,1-2,11-14H2,(H,20,23). The van der Waals surface area contributed by atoms with Crippen molar-refractivity contribution in [1.82, 2.24) is 9.62 Å². The number of non-ortho nitro benzene ring substituents is 1. The number of hydrogen-bond donors (Lipinski definition) is 1. The third kappa shape index (κ3) is 4.73. The zero-order valence-corrected chi connectivity index (χ0v) is 16.0. The van der Waals surface area contributed by atoms with E-state index in [0.717, 1.165) is 18.4 Å². The Bertz CT molecular complexity index is 950. The third-order valence-electron chi connectivity index (χ3n) is 4.63. The summed E-state index contributed by atoms with van der Waals surface area (Å²) < 4.78 is 26.5. The van der Waals surface area contributed by atoms with Crippen LogP contribution >= 0.6 is 0 Å². The first-order chi connectivity index (χ1) is 13.4. The Morgan fingerprint density at radius 1 is 1.00 bits per heavy atom. The Hall–Kier alpha value is -2.78. The molecule has 148 valence electrons. The molecule has 8 nitrogen and oxygen atoms in total. The van der Waals surface area contributed by atoms with Crippen LogP contribution in [0, 0.1) is 10.1 Å². The van der Waals surface area contributed by atoms with E-state index in [-0.39, 0.29) is 29.5 Å². The summed E-state index contributed by atoms with van der Waals surface area (Å²) in [6.45, 7) is 1.39. The first-order valence-electron chi connectivity index (χ1n) is 8.95. The Balaban J connectivity index is 1.54. The molecule has 28 heavy (non-hydrogen) atoms. The summed E-state index contributed by atoms with van der Waals surface area (Å²) in [6, 6.07) is 12.3. The van der Waals surface area contributed by atoms with Crippen LogP contribution in [0.4, 0.5) is 5.69 Å². The second-order valence-corrected chi connectivity index (χ2v) is 8.57. The molecule has 1 aliphatic heterocycles. The van der Waals surface area contributed by atoms with Crippen molar-refractivity contribution in [2.45, 2.75) is 30.7 Å². The van der Waals surface area contributed by atoms with E-state index in [1.165, 1.54) is 16.4 Å². The molecule has 0 unspecified atom stereocenters. The second kappa shape index (κ2) is 8.49. The van der Waals surface area contributed by atoms with Gasteiger partial charge in [-0.15, -0.1) is 0 Å². The highest BCUT2D eigenvalue weighted by molar-refractivity contribution is 7.89. The van der Waals surface area contributed by atoms with Crippen molar-refractivity contribution in [3.8, 4) is 0 Å². The van der Waals surface area contributed by atoms with Crippen molar-refractivity contribution in [2.75, 3.05) is 13.1 Å². The van der Waals surface area contributed by atoms with Crippen LogP contribution in [0.3, 0.4) is 0 Å². The monoisotopic (exact) mass is 403 g/mol. The Kier molecular flexibility index (Phi) is 6.05. The van der Waals surface area contributed by atoms with E-state index in [4.69, 9.17) is 0 Å². The molecule has 0 radical (unpaired) electrons. The molecule has 1 fully saturated rings. The molecule has 0 bridgehead atoms. The normalized spacial score (nSPS) is 14.7. The van der Waals surface area contributed by atoms with Gasteiger partial charge in [-0.2, -0.15) is 4.31 Å². The van der Waals surface area contributed by atoms with Gasteiger partial charge in [-0.3, -0.25) is 14.9 Å². The summed E-state index contributed by atoms with van der Waals surface area (Å²) in [7, 11) is -3.44. The fraction of sp³-hybridized carbons (Fsp3) is 0.316. The Morgan fingerprint density at radius 2 is 1.57 bits per heavy atom. The number of nitrogens with one attached hydrogen (secondary N) is 1. The maximum Gasteiger partial charge on any atom is 0.269 e. The van der Waals surface area contributed by atoms with Crippen LogP contribution in [-0.4, -0.2) is 36.6 Å². The maximum atomic E-state index is 12.5. The quantitative estimate of drug-likeness (QED) is 0.563. The van der Waals surface area contributed by atoms with Crippen LogP contribution in [-0.2, 0) is 27.8 Å². The van der Waals surface area contributed by atoms with Crippen LogP contribution in [0.1, 0.15) is 24.0 Å². The molecule has 2 aromatic rings. The number of rotatable bonds is 7. The van der Waals surface area contributed by atoms with Crippen molar-refractivity contribution in [3.05, 3.63) is 69.8 Å². The third-order valence-corrected chi connectivity index (χ3v) is 6.54. The van der Waals surface area contributed by atoms with E-state index in [1.807, 2.05) is 0 Å². The first kappa shape index (κ1) is 20.0. The molecule has 1 amide bonds. The number of nitrogens with zero attached hydrogens (tertiary/aromatic N) is 2. The molecular weight excluding hydrogens is 382 g/mol. The topological polar surface area (TPSA) is 110 Å². The van der Waals surface area contributed by atoms with Crippen LogP contribution in [0.5, 0.6) is 0 Å². The van der Waals surface area contributed by atoms with Gasteiger partial charge in [-0.05, 0) is 36.1 Å². The summed E-state index contributed by atoms with van der Waals surface area (Å²) in [5, 5.41) is 13.4. The molecule has 0 aliphatic carbocycles. The Labute approximate surface area is 163 Å². The molecule has 0 aromatic heterocycles. The van der Waals surface area contributed by atoms with E-state index >= 15 is 0 Å². The van der Waals surface area contributed by atoms with E-state index < -0.39 is 14.9 Å². The largest absolute Gasteiger partial charge is 0.352 e. The predicted octanol–water partition coefficient (Wildman–Crippen LogP) is 2.24. The average Bonchev–Trinajstić information content (AvgIpc) is 3.23. The lowest BCUT2D eigenvalue weighted by molar-refractivity contribution is -0.384. The van der Waals surface area contributed by atoms with Crippen LogP contribution in [0.15, 0.2) is 53.4 Å². The van der Waals surface area contributed by atoms with Gasteiger partial charge in [-0.1, -0.05) is 24.3 Å². The molecule has 1 saturated heterocycles. The fourth-order valence-electron chi connectivity index (χ4n) is 3.04. The number of sulfonamides is 1. The molecule has 2 aromatic carbocycles. The number of benzene rings is 2. The molecule has 0 spiro atoms. The summed E-state index contributed by atoms with van der Waals surface area (Å²) in [6.07, 6.45) is 1.88. The lowest BCUT2D eigenvalue weighted by atomic mass is 10.1. The summed E-state index contributed by atoms with van der Waals surface area (Å²) in [5.74, 6) is -0.220. The van der Waals surface area contributed by atoms with Crippen molar-refractivity contribution in [2.24, 2.45) is 0 Å². The molecule has 1 N–H and O–H groups in total. The zero-order chi connectivity index (χ0) is 20.1. The minimum absolute atomic E-state index is 0.0202. The van der Waals surface area contributed by atoms with Gasteiger partial charge in [0.05, 0.1) is 16.2 Å². The predicted molar refractivity (Wildman–Crippen MR) is 103 cm³/mol. The first-order valence-corrected chi connectivity index (χ1v) is 10.4. The molecule has 9 heteroatoms. The lowest BCUT2D eigenvalue weighted by Crippen LogP contribution is -2.28. The lowest BCUT2D eigenvalue weighted by Gasteiger charge is -2.15. The van der Waals surface area contributed by atoms with E-state index in [2.05, 4.69) is 5.32 Å². The van der Waals surface area contributed by atoms with E-state index in [1.54, 1.807) is 36.4 Å². The smallest absolute Gasteiger partial charge is 0.269 e. The van der Waals surface area contributed by atoms with Gasteiger partial charge in [-0.25, -0.2) is 8.42 Å². The molecular formula is C19H21N3O5S. The van der Waals surface area contributed by atoms with Crippen LogP contribution in [0.2, 0.25) is 0 Å². The van der Waals surface area contributed by atoms with Crippen molar-refractivity contribution in [1.29, 1.82) is 0 Å². The number of nitro groups is 1. The number of hydrogen-bond acceptors (Lipinski definition) is 5. The molecule has 1 heterocycles. The Morgan fingerprint density at radius 3 is 2.14 bits per heavy atom. The number of carbonyl (C=O) groups is 1. The highest BCUT2D eigenvalue weighted by atomic mass is 32.2. The highest BCUT2D eigenvalue weighted by Crippen LogP contribution is 2.21. The van der Waals surface area contributed by atoms with Gasteiger partial charge in [0.25, 0.3) is 5.69 Å². The number of nitro benzene ring substituents is 1. The summed E-state index contributed by atoms with van der Waals surface area (Å²) in [5.41, 5.74) is 1.45. The van der Waals surface area contributed by atoms with Gasteiger partial charge in [0.2, 0.25) is 15.9 Å². The number of carbonyl (C=O) groups excluding carboxylic acids is 1. The van der Waals surface area contributed by atoms with Gasteiger partial charge < -0.3 is 5.32 Å². The molecule has 3 rings (SSSR count). The van der Waals surface area contributed by atoms with E-state index in [0.29, 0.717) is 18.7 Å². The summed E-state index contributed by atoms with van der Waals surface area (Å²) in [4.78, 5) is 22.5. The van der Waals surface area contributed by atoms with Crippen LogP contribution in [0.25, 0.3) is 0 Å². The van der Waals surface area contributed by atoms with Crippen LogP contribution < -0.4 is 5.32 Å². The minimum Gasteiger partial charge on any atom is -0.352 e. The maximum absolute atomic E-state index is 12.5. The van der Waals surface area contributed by atoms with Gasteiger partial charge >= 0.3 is 0 Å². The second-order valence-electron chi connectivity index (χ2n) is 6.63. The highest BCUT2D eigenvalue weighted by Gasteiger charge is 2.26. The van der Waals surface area contributed by atoms with Crippen molar-refractivity contribution >= 4 is 21.6 Å². The molecule has 0 atom stereocenters. The molecule has 1 aliphatic rings. The van der Waals surface area contributed by atoms with E-state index in [9.17, 15) is 23.3 Å². The van der Waals surface area contributed by atoms with Gasteiger partial charge in [0, 0.05) is 31.8 Å².